The Balaban J connectivity index is 1.80. The number of hydrogen-bond donors (Lipinski definition) is 2. The number of carbonyl (C=O) groups excluding carboxylic acids is 1. The van der Waals surface area contributed by atoms with Crippen molar-refractivity contribution >= 4 is 17.5 Å². The summed E-state index contributed by atoms with van der Waals surface area (Å²) in [6, 6.07) is 7.76. The predicted octanol–water partition coefficient (Wildman–Crippen LogP) is 3.13. The number of hydrogen-bond acceptors (Lipinski definition) is 4. The van der Waals surface area contributed by atoms with E-state index in [-0.39, 0.29) is 11.3 Å². The fourth-order valence-corrected chi connectivity index (χ4v) is 3.62. The van der Waals surface area contributed by atoms with Crippen molar-refractivity contribution in [3.8, 4) is 0 Å². The fraction of sp³-hybridized carbons (Fsp3) is 0.500. The zero-order valence-corrected chi connectivity index (χ0v) is 14.4. The van der Waals surface area contributed by atoms with Crippen LogP contribution in [0.25, 0.3) is 0 Å². The van der Waals surface area contributed by atoms with Crippen molar-refractivity contribution in [1.29, 1.82) is 0 Å². The van der Waals surface area contributed by atoms with Crippen LogP contribution in [0.5, 0.6) is 0 Å². The van der Waals surface area contributed by atoms with Crippen LogP contribution in [0.1, 0.15) is 37.8 Å². The summed E-state index contributed by atoms with van der Waals surface area (Å²) in [5.74, 6) is 1.72. The second-order valence-electron chi connectivity index (χ2n) is 6.82. The van der Waals surface area contributed by atoms with E-state index in [1.54, 1.807) is 11.1 Å². The summed E-state index contributed by atoms with van der Waals surface area (Å²) in [6.45, 7) is 0. The Morgan fingerprint density at radius 1 is 1.21 bits per heavy atom. The van der Waals surface area contributed by atoms with Gasteiger partial charge in [0.15, 0.2) is 5.82 Å². The van der Waals surface area contributed by atoms with Gasteiger partial charge in [-0.05, 0) is 25.0 Å². The van der Waals surface area contributed by atoms with E-state index in [4.69, 9.17) is 4.98 Å². The SMILES string of the molecule is CN(C)C(=O)C1(Cc2cccc(Nc3cc[nH]n3)n2)CCCCC1. The summed E-state index contributed by atoms with van der Waals surface area (Å²) in [5, 5.41) is 10.0. The van der Waals surface area contributed by atoms with E-state index in [9.17, 15) is 4.79 Å². The molecule has 128 valence electrons. The zero-order valence-electron chi connectivity index (χ0n) is 14.4. The van der Waals surface area contributed by atoms with Gasteiger partial charge in [-0.15, -0.1) is 0 Å². The summed E-state index contributed by atoms with van der Waals surface area (Å²) < 4.78 is 0. The Labute approximate surface area is 142 Å². The van der Waals surface area contributed by atoms with Crippen molar-refractivity contribution in [2.24, 2.45) is 5.41 Å². The lowest BCUT2D eigenvalue weighted by Gasteiger charge is -2.37. The van der Waals surface area contributed by atoms with Gasteiger partial charge in [-0.2, -0.15) is 5.10 Å². The highest BCUT2D eigenvalue weighted by atomic mass is 16.2. The summed E-state index contributed by atoms with van der Waals surface area (Å²) in [7, 11) is 3.70. The van der Waals surface area contributed by atoms with Crippen LogP contribution in [0.15, 0.2) is 30.5 Å². The molecule has 1 amide bonds. The molecule has 1 aliphatic rings. The summed E-state index contributed by atoms with van der Waals surface area (Å²) in [6.07, 6.45) is 7.80. The summed E-state index contributed by atoms with van der Waals surface area (Å²) in [5.41, 5.74) is 0.646. The lowest BCUT2D eigenvalue weighted by atomic mass is 9.70. The molecular formula is C18H25N5O. The second kappa shape index (κ2) is 7.03. The Bertz CT molecular complexity index is 674. The first-order valence-electron chi connectivity index (χ1n) is 8.54. The first-order valence-corrected chi connectivity index (χ1v) is 8.54. The molecule has 2 N–H and O–H groups in total. The van der Waals surface area contributed by atoms with Gasteiger partial charge in [0.25, 0.3) is 0 Å². The van der Waals surface area contributed by atoms with Gasteiger partial charge < -0.3 is 10.2 Å². The van der Waals surface area contributed by atoms with Gasteiger partial charge in [-0.1, -0.05) is 25.3 Å². The van der Waals surface area contributed by atoms with Gasteiger partial charge in [-0.25, -0.2) is 4.98 Å². The highest BCUT2D eigenvalue weighted by Crippen LogP contribution is 2.40. The maximum atomic E-state index is 12.8. The first-order chi connectivity index (χ1) is 11.6. The molecule has 6 heteroatoms. The van der Waals surface area contributed by atoms with E-state index < -0.39 is 0 Å². The molecule has 0 radical (unpaired) electrons. The third-order valence-electron chi connectivity index (χ3n) is 4.75. The standard InChI is InChI=1S/C18H25N5O/c1-23(2)17(24)18(10-4-3-5-11-18)13-14-7-6-8-15(20-14)21-16-9-12-19-22-16/h6-9,12H,3-5,10-11,13H2,1-2H3,(H2,19,20,21,22). The Hall–Kier alpha value is -2.37. The average molecular weight is 327 g/mol. The quantitative estimate of drug-likeness (QED) is 0.885. The highest BCUT2D eigenvalue weighted by Gasteiger charge is 2.40. The molecule has 1 saturated carbocycles. The molecule has 1 fully saturated rings. The van der Waals surface area contributed by atoms with E-state index in [2.05, 4.69) is 15.5 Å². The molecule has 24 heavy (non-hydrogen) atoms. The van der Waals surface area contributed by atoms with Crippen molar-refractivity contribution in [3.63, 3.8) is 0 Å². The molecule has 2 aromatic heterocycles. The van der Waals surface area contributed by atoms with Gasteiger partial charge in [0.1, 0.15) is 5.82 Å². The average Bonchev–Trinajstić information content (AvgIpc) is 3.08. The number of aromatic amines is 1. The summed E-state index contributed by atoms with van der Waals surface area (Å²) in [4.78, 5) is 19.3. The van der Waals surface area contributed by atoms with Crippen LogP contribution in [-0.2, 0) is 11.2 Å². The number of carbonyl (C=O) groups is 1. The van der Waals surface area contributed by atoms with Gasteiger partial charge in [-0.3, -0.25) is 9.89 Å². The van der Waals surface area contributed by atoms with Crippen molar-refractivity contribution in [1.82, 2.24) is 20.1 Å². The lowest BCUT2D eigenvalue weighted by Crippen LogP contribution is -2.43. The van der Waals surface area contributed by atoms with E-state index in [0.29, 0.717) is 6.42 Å². The molecule has 1 aliphatic carbocycles. The van der Waals surface area contributed by atoms with Crippen molar-refractivity contribution < 1.29 is 4.79 Å². The molecule has 0 bridgehead atoms. The minimum Gasteiger partial charge on any atom is -0.348 e. The third kappa shape index (κ3) is 3.58. The zero-order chi connectivity index (χ0) is 17.0. The molecule has 0 aromatic carbocycles. The number of H-pyrrole nitrogens is 1. The van der Waals surface area contributed by atoms with Crippen LogP contribution in [0.3, 0.4) is 0 Å². The van der Waals surface area contributed by atoms with Gasteiger partial charge in [0, 0.05) is 38.5 Å². The van der Waals surface area contributed by atoms with Crippen LogP contribution in [0, 0.1) is 5.41 Å². The highest BCUT2D eigenvalue weighted by molar-refractivity contribution is 5.82. The molecule has 2 aromatic rings. The molecule has 3 rings (SSSR count). The van der Waals surface area contributed by atoms with Crippen LogP contribution in [-0.4, -0.2) is 40.1 Å². The maximum Gasteiger partial charge on any atom is 0.228 e. The molecule has 2 heterocycles. The van der Waals surface area contributed by atoms with Crippen molar-refractivity contribution in [3.05, 3.63) is 36.2 Å². The van der Waals surface area contributed by atoms with Crippen LogP contribution < -0.4 is 5.32 Å². The number of nitrogens with zero attached hydrogens (tertiary/aromatic N) is 3. The number of aromatic nitrogens is 3. The fourth-order valence-electron chi connectivity index (χ4n) is 3.62. The predicted molar refractivity (Wildman–Crippen MR) is 94.0 cm³/mol. The number of nitrogens with one attached hydrogen (secondary N) is 2. The minimum atomic E-state index is -0.306. The van der Waals surface area contributed by atoms with Crippen LogP contribution >= 0.6 is 0 Å². The maximum absolute atomic E-state index is 12.8. The van der Waals surface area contributed by atoms with Gasteiger partial charge in [0.05, 0.1) is 5.41 Å². The number of amides is 1. The molecule has 0 saturated heterocycles. The second-order valence-corrected chi connectivity index (χ2v) is 6.82. The smallest absolute Gasteiger partial charge is 0.228 e. The van der Waals surface area contributed by atoms with Crippen molar-refractivity contribution in [2.45, 2.75) is 38.5 Å². The molecule has 0 atom stereocenters. The Kier molecular flexibility index (Phi) is 4.83. The largest absolute Gasteiger partial charge is 0.348 e. The molecule has 0 spiro atoms. The van der Waals surface area contributed by atoms with Crippen LogP contribution in [0.2, 0.25) is 0 Å². The number of rotatable bonds is 5. The first kappa shape index (κ1) is 16.5. The van der Waals surface area contributed by atoms with Crippen molar-refractivity contribution in [2.75, 3.05) is 19.4 Å². The van der Waals surface area contributed by atoms with Gasteiger partial charge in [0.2, 0.25) is 5.91 Å². The Morgan fingerprint density at radius 3 is 2.67 bits per heavy atom. The molecule has 0 unspecified atom stereocenters. The number of anilines is 2. The third-order valence-corrected chi connectivity index (χ3v) is 4.75. The van der Waals surface area contributed by atoms with E-state index in [1.807, 2.05) is 38.4 Å². The molecule has 0 aliphatic heterocycles. The van der Waals surface area contributed by atoms with E-state index >= 15 is 0 Å². The Morgan fingerprint density at radius 2 is 2.00 bits per heavy atom. The van der Waals surface area contributed by atoms with E-state index in [1.165, 1.54) is 6.42 Å². The topological polar surface area (TPSA) is 73.9 Å². The number of pyridine rings is 1. The molecule has 6 nitrogen and oxygen atoms in total. The lowest BCUT2D eigenvalue weighted by molar-refractivity contribution is -0.141. The molecular weight excluding hydrogens is 302 g/mol. The van der Waals surface area contributed by atoms with E-state index in [0.717, 1.165) is 43.0 Å². The summed E-state index contributed by atoms with van der Waals surface area (Å²) >= 11 is 0. The normalized spacial score (nSPS) is 16.6. The van der Waals surface area contributed by atoms with Crippen LogP contribution in [0.4, 0.5) is 11.6 Å². The monoisotopic (exact) mass is 327 g/mol. The minimum absolute atomic E-state index is 0.231. The van der Waals surface area contributed by atoms with Gasteiger partial charge >= 0.3 is 0 Å².